The smallest absolute Gasteiger partial charge is 0.264 e. The third-order valence-corrected chi connectivity index (χ3v) is 4.33. The van der Waals surface area contributed by atoms with E-state index >= 15 is 0 Å². The molecule has 2 N–H and O–H groups in total. The Morgan fingerprint density at radius 3 is 2.78 bits per heavy atom. The molecule has 6 nitrogen and oxygen atoms in total. The summed E-state index contributed by atoms with van der Waals surface area (Å²) in [5.74, 6) is 0.904. The van der Waals surface area contributed by atoms with Crippen molar-refractivity contribution in [3.05, 3.63) is 25.8 Å². The van der Waals surface area contributed by atoms with E-state index in [-0.39, 0.29) is 5.56 Å². The Kier molecular flexibility index (Phi) is 3.14. The lowest BCUT2D eigenvalue weighted by Crippen LogP contribution is -2.18. The van der Waals surface area contributed by atoms with Gasteiger partial charge >= 0.3 is 0 Å². The molecule has 0 radical (unpaired) electrons. The van der Waals surface area contributed by atoms with Crippen molar-refractivity contribution in [3.63, 3.8) is 0 Å². The molecule has 0 aromatic carbocycles. The highest BCUT2D eigenvalue weighted by Gasteiger charge is 2.23. The first kappa shape index (κ1) is 11.8. The number of nitrogens with one attached hydrogen (secondary N) is 2. The minimum Gasteiger partial charge on any atom is -0.304 e. The maximum absolute atomic E-state index is 12.0. The van der Waals surface area contributed by atoms with Crippen molar-refractivity contribution >= 4 is 22.6 Å². The molecule has 0 saturated heterocycles. The Bertz CT molecular complexity index is 600. The Morgan fingerprint density at radius 2 is 2.11 bits per heavy atom. The predicted octanol–water partition coefficient (Wildman–Crippen LogP) is 1.82. The predicted molar refractivity (Wildman–Crippen MR) is 74.2 cm³/mol. The van der Waals surface area contributed by atoms with Gasteiger partial charge in [0.25, 0.3) is 5.56 Å². The van der Waals surface area contributed by atoms with Gasteiger partial charge in [-0.2, -0.15) is 15.4 Å². The van der Waals surface area contributed by atoms with Gasteiger partial charge in [-0.3, -0.25) is 4.79 Å². The number of hydrogen-bond donors (Lipinski definition) is 2. The second kappa shape index (κ2) is 4.79. The summed E-state index contributed by atoms with van der Waals surface area (Å²) in [5, 5.41) is 10.2. The van der Waals surface area contributed by atoms with E-state index in [1.165, 1.54) is 12.8 Å². The second-order valence-electron chi connectivity index (χ2n) is 4.45. The van der Waals surface area contributed by atoms with Crippen LogP contribution in [0.25, 0.3) is 11.5 Å². The maximum atomic E-state index is 12.0. The number of hydrogen-bond acceptors (Lipinski definition) is 4. The quantitative estimate of drug-likeness (QED) is 0.803. The molecule has 2 aromatic heterocycles. The van der Waals surface area contributed by atoms with Gasteiger partial charge in [-0.1, -0.05) is 12.8 Å². The maximum Gasteiger partial charge on any atom is 0.264 e. The molecule has 0 aliphatic heterocycles. The Morgan fingerprint density at radius 1 is 1.33 bits per heavy atom. The van der Waals surface area contributed by atoms with Crippen LogP contribution >= 0.6 is 22.6 Å². The van der Waals surface area contributed by atoms with Crippen LogP contribution in [-0.4, -0.2) is 25.4 Å². The van der Waals surface area contributed by atoms with E-state index in [4.69, 9.17) is 0 Å². The molecule has 2 heterocycles. The average Bonchev–Trinajstić information content (AvgIpc) is 3.03. The Labute approximate surface area is 117 Å². The van der Waals surface area contributed by atoms with Crippen molar-refractivity contribution in [3.8, 4) is 11.5 Å². The lowest BCUT2D eigenvalue weighted by Gasteiger charge is -2.11. The van der Waals surface area contributed by atoms with Crippen LogP contribution in [0.4, 0.5) is 0 Å². The topological polar surface area (TPSA) is 87.3 Å². The fourth-order valence-electron chi connectivity index (χ4n) is 2.38. The van der Waals surface area contributed by atoms with Gasteiger partial charge < -0.3 is 4.98 Å². The van der Waals surface area contributed by atoms with Crippen LogP contribution in [0.5, 0.6) is 0 Å². The van der Waals surface area contributed by atoms with Gasteiger partial charge in [0.15, 0.2) is 5.82 Å². The van der Waals surface area contributed by atoms with Crippen LogP contribution in [0.2, 0.25) is 0 Å². The zero-order valence-corrected chi connectivity index (χ0v) is 11.8. The summed E-state index contributed by atoms with van der Waals surface area (Å²) in [4.78, 5) is 19.3. The average molecular weight is 357 g/mol. The Balaban J connectivity index is 2.10. The fraction of sp³-hybridized carbons (Fsp3) is 0.455. The molecule has 7 heteroatoms. The first-order valence-electron chi connectivity index (χ1n) is 5.91. The van der Waals surface area contributed by atoms with Crippen LogP contribution in [0.15, 0.2) is 11.0 Å². The zero-order valence-electron chi connectivity index (χ0n) is 9.61. The largest absolute Gasteiger partial charge is 0.304 e. The number of halogens is 1. The van der Waals surface area contributed by atoms with Gasteiger partial charge in [0.05, 0.1) is 11.9 Å². The summed E-state index contributed by atoms with van der Waals surface area (Å²) in [5.41, 5.74) is 1.39. The second-order valence-corrected chi connectivity index (χ2v) is 5.53. The third-order valence-electron chi connectivity index (χ3n) is 3.29. The monoisotopic (exact) mass is 357 g/mol. The van der Waals surface area contributed by atoms with E-state index < -0.39 is 0 Å². The minimum absolute atomic E-state index is 0.0921. The number of nitrogens with zero attached hydrogens (tertiary/aromatic N) is 3. The molecule has 0 atom stereocenters. The van der Waals surface area contributed by atoms with Gasteiger partial charge in [0, 0.05) is 5.92 Å². The molecular formula is C11H12IN5O. The molecule has 1 fully saturated rings. The van der Waals surface area contributed by atoms with Gasteiger partial charge in [-0.25, -0.2) is 4.98 Å². The van der Waals surface area contributed by atoms with Crippen LogP contribution in [0.3, 0.4) is 0 Å². The van der Waals surface area contributed by atoms with Gasteiger partial charge in [0.1, 0.15) is 9.26 Å². The molecule has 0 unspecified atom stereocenters. The lowest BCUT2D eigenvalue weighted by molar-refractivity contribution is 0.687. The van der Waals surface area contributed by atoms with E-state index in [1.807, 2.05) is 0 Å². The van der Waals surface area contributed by atoms with E-state index in [9.17, 15) is 4.79 Å². The number of rotatable bonds is 2. The van der Waals surface area contributed by atoms with E-state index in [0.717, 1.165) is 18.5 Å². The highest BCUT2D eigenvalue weighted by Crippen LogP contribution is 2.34. The van der Waals surface area contributed by atoms with E-state index in [2.05, 4.69) is 48.0 Å². The van der Waals surface area contributed by atoms with Crippen LogP contribution in [0, 0.1) is 3.57 Å². The molecule has 94 valence electrons. The van der Waals surface area contributed by atoms with E-state index in [1.54, 1.807) is 6.20 Å². The van der Waals surface area contributed by atoms with Crippen molar-refractivity contribution in [1.82, 2.24) is 25.4 Å². The normalized spacial score (nSPS) is 16.3. The first-order chi connectivity index (χ1) is 8.75. The van der Waals surface area contributed by atoms with Crippen molar-refractivity contribution in [2.45, 2.75) is 31.6 Å². The van der Waals surface area contributed by atoms with Crippen molar-refractivity contribution in [1.29, 1.82) is 0 Å². The van der Waals surface area contributed by atoms with E-state index in [0.29, 0.717) is 21.0 Å². The minimum atomic E-state index is -0.0921. The van der Waals surface area contributed by atoms with Crippen molar-refractivity contribution < 1.29 is 0 Å². The summed E-state index contributed by atoms with van der Waals surface area (Å²) < 4.78 is 0.701. The molecule has 1 aliphatic rings. The summed E-state index contributed by atoms with van der Waals surface area (Å²) in [6.45, 7) is 0. The molecular weight excluding hydrogens is 345 g/mol. The first-order valence-corrected chi connectivity index (χ1v) is 6.99. The summed E-state index contributed by atoms with van der Waals surface area (Å²) in [7, 11) is 0. The molecule has 1 aliphatic carbocycles. The number of aromatic amines is 2. The Hall–Kier alpha value is -1.25. The SMILES string of the molecule is O=c1[nH]c(-c2cn[nH]n2)nc(C2CCCC2)c1I. The molecule has 2 aromatic rings. The van der Waals surface area contributed by atoms with Crippen LogP contribution in [0.1, 0.15) is 37.3 Å². The molecule has 3 rings (SSSR count). The van der Waals surface area contributed by atoms with Gasteiger partial charge in [-0.15, -0.1) is 0 Å². The highest BCUT2D eigenvalue weighted by molar-refractivity contribution is 14.1. The molecule has 18 heavy (non-hydrogen) atoms. The molecule has 1 saturated carbocycles. The lowest BCUT2D eigenvalue weighted by atomic mass is 10.0. The molecule has 0 spiro atoms. The standard InChI is InChI=1S/C11H12IN5O/c12-8-9(6-3-1-2-4-6)14-10(15-11(8)18)7-5-13-17-16-7/h5-6H,1-4H2,(H,13,16,17)(H,14,15,18). The summed E-state index contributed by atoms with van der Waals surface area (Å²) in [6.07, 6.45) is 6.22. The zero-order chi connectivity index (χ0) is 12.5. The summed E-state index contributed by atoms with van der Waals surface area (Å²) >= 11 is 2.08. The molecule has 0 bridgehead atoms. The molecule has 0 amide bonds. The number of aromatic nitrogens is 5. The summed E-state index contributed by atoms with van der Waals surface area (Å²) in [6, 6.07) is 0. The van der Waals surface area contributed by atoms with Crippen LogP contribution < -0.4 is 5.56 Å². The van der Waals surface area contributed by atoms with Crippen molar-refractivity contribution in [2.24, 2.45) is 0 Å². The number of H-pyrrole nitrogens is 2. The highest BCUT2D eigenvalue weighted by atomic mass is 127. The third kappa shape index (κ3) is 2.06. The van der Waals surface area contributed by atoms with Gasteiger partial charge in [-0.05, 0) is 35.4 Å². The van der Waals surface area contributed by atoms with Crippen molar-refractivity contribution in [2.75, 3.05) is 0 Å². The fourth-order valence-corrected chi connectivity index (χ4v) is 3.08. The van der Waals surface area contributed by atoms with Crippen LogP contribution in [-0.2, 0) is 0 Å². The van der Waals surface area contributed by atoms with Gasteiger partial charge in [0.2, 0.25) is 0 Å².